The second-order valence-electron chi connectivity index (χ2n) is 7.09. The van der Waals surface area contributed by atoms with Crippen molar-refractivity contribution in [2.75, 3.05) is 7.05 Å². The average molecular weight is 263 g/mol. The standard InChI is InChI=1S/C17H26FN/c1-11-9-13(18)8-7-12(11)10-14(19-6)15-16(2,3)17(15,4)5/h7-9,14-15,19H,10H2,1-6H3. The molecule has 0 radical (unpaired) electrons. The first-order valence-electron chi connectivity index (χ1n) is 7.14. The van der Waals surface area contributed by atoms with Gasteiger partial charge < -0.3 is 5.32 Å². The van der Waals surface area contributed by atoms with Crippen molar-refractivity contribution in [2.24, 2.45) is 16.7 Å². The highest BCUT2D eigenvalue weighted by molar-refractivity contribution is 5.29. The van der Waals surface area contributed by atoms with Crippen LogP contribution in [0.25, 0.3) is 0 Å². The zero-order valence-corrected chi connectivity index (χ0v) is 13.0. The summed E-state index contributed by atoms with van der Waals surface area (Å²) in [6.07, 6.45) is 0.972. The number of nitrogens with one attached hydrogen (secondary N) is 1. The van der Waals surface area contributed by atoms with Crippen molar-refractivity contribution in [1.29, 1.82) is 0 Å². The predicted octanol–water partition coefficient (Wildman–Crippen LogP) is 3.95. The Labute approximate surface area is 116 Å². The van der Waals surface area contributed by atoms with E-state index in [0.29, 0.717) is 22.8 Å². The van der Waals surface area contributed by atoms with Crippen molar-refractivity contribution < 1.29 is 4.39 Å². The van der Waals surface area contributed by atoms with Gasteiger partial charge in [0.25, 0.3) is 0 Å². The number of aryl methyl sites for hydroxylation is 1. The first-order valence-corrected chi connectivity index (χ1v) is 7.14. The lowest BCUT2D eigenvalue weighted by molar-refractivity contribution is 0.420. The van der Waals surface area contributed by atoms with Crippen molar-refractivity contribution in [3.63, 3.8) is 0 Å². The minimum atomic E-state index is -0.144. The van der Waals surface area contributed by atoms with E-state index >= 15 is 0 Å². The maximum atomic E-state index is 13.2. The van der Waals surface area contributed by atoms with Crippen LogP contribution in [0, 0.1) is 29.5 Å². The third-order valence-corrected chi connectivity index (χ3v) is 5.65. The Balaban J connectivity index is 2.17. The van der Waals surface area contributed by atoms with Crippen molar-refractivity contribution >= 4 is 0 Å². The highest BCUT2D eigenvalue weighted by Gasteiger charge is 2.66. The molecule has 2 rings (SSSR count). The number of hydrogen-bond donors (Lipinski definition) is 1. The first kappa shape index (κ1) is 14.5. The molecule has 1 aromatic carbocycles. The van der Waals surface area contributed by atoms with Gasteiger partial charge in [-0.3, -0.25) is 0 Å². The maximum Gasteiger partial charge on any atom is 0.123 e. The summed E-state index contributed by atoms with van der Waals surface area (Å²) in [6, 6.07) is 5.58. The van der Waals surface area contributed by atoms with Gasteiger partial charge in [-0.1, -0.05) is 33.8 Å². The monoisotopic (exact) mass is 263 g/mol. The molecule has 1 nitrogen and oxygen atoms in total. The van der Waals surface area contributed by atoms with E-state index in [0.717, 1.165) is 12.0 Å². The molecule has 1 unspecified atom stereocenters. The fourth-order valence-corrected chi connectivity index (χ4v) is 3.77. The number of benzene rings is 1. The molecule has 1 N–H and O–H groups in total. The highest BCUT2D eigenvalue weighted by atomic mass is 19.1. The van der Waals surface area contributed by atoms with Crippen LogP contribution in [0.4, 0.5) is 4.39 Å². The Morgan fingerprint density at radius 1 is 1.21 bits per heavy atom. The molecular weight excluding hydrogens is 237 g/mol. The van der Waals surface area contributed by atoms with E-state index in [4.69, 9.17) is 0 Å². The summed E-state index contributed by atoms with van der Waals surface area (Å²) in [7, 11) is 2.04. The molecule has 0 amide bonds. The third kappa shape index (κ3) is 2.31. The number of halogens is 1. The fourth-order valence-electron chi connectivity index (χ4n) is 3.77. The number of hydrogen-bond acceptors (Lipinski definition) is 1. The van der Waals surface area contributed by atoms with Crippen molar-refractivity contribution in [2.45, 2.75) is 47.1 Å². The Morgan fingerprint density at radius 3 is 2.21 bits per heavy atom. The lowest BCUT2D eigenvalue weighted by Crippen LogP contribution is -2.32. The molecule has 0 heterocycles. The average Bonchev–Trinajstić information content (AvgIpc) is 2.70. The van der Waals surface area contributed by atoms with Gasteiger partial charge in [0.1, 0.15) is 5.82 Å². The fraction of sp³-hybridized carbons (Fsp3) is 0.647. The van der Waals surface area contributed by atoms with Gasteiger partial charge >= 0.3 is 0 Å². The molecule has 1 fully saturated rings. The first-order chi connectivity index (χ1) is 8.71. The van der Waals surface area contributed by atoms with E-state index in [1.54, 1.807) is 12.1 Å². The Kier molecular flexibility index (Phi) is 3.51. The summed E-state index contributed by atoms with van der Waals surface area (Å²) in [5.41, 5.74) is 3.04. The number of rotatable bonds is 4. The zero-order chi connectivity index (χ0) is 14.4. The molecule has 1 saturated carbocycles. The quantitative estimate of drug-likeness (QED) is 0.867. The minimum absolute atomic E-state index is 0.144. The number of likely N-dealkylation sites (N-methyl/N-ethyl adjacent to an activating group) is 1. The molecule has 0 aliphatic heterocycles. The van der Waals surface area contributed by atoms with Crippen LogP contribution in [0.2, 0.25) is 0 Å². The summed E-state index contributed by atoms with van der Waals surface area (Å²) < 4.78 is 13.2. The van der Waals surface area contributed by atoms with Crippen LogP contribution in [0.1, 0.15) is 38.8 Å². The van der Waals surface area contributed by atoms with Crippen LogP contribution in [0.5, 0.6) is 0 Å². The van der Waals surface area contributed by atoms with E-state index in [1.807, 2.05) is 20.0 Å². The summed E-state index contributed by atoms with van der Waals surface area (Å²) in [6.45, 7) is 11.4. The molecule has 0 bridgehead atoms. The van der Waals surface area contributed by atoms with Gasteiger partial charge in [0.05, 0.1) is 0 Å². The lowest BCUT2D eigenvalue weighted by atomic mass is 9.94. The minimum Gasteiger partial charge on any atom is -0.316 e. The van der Waals surface area contributed by atoms with Gasteiger partial charge in [0, 0.05) is 6.04 Å². The summed E-state index contributed by atoms with van der Waals surface area (Å²) in [4.78, 5) is 0. The molecule has 106 valence electrons. The molecule has 0 spiro atoms. The molecular formula is C17H26FN. The van der Waals surface area contributed by atoms with E-state index in [-0.39, 0.29) is 5.82 Å². The van der Waals surface area contributed by atoms with Crippen LogP contribution >= 0.6 is 0 Å². The summed E-state index contributed by atoms with van der Waals surface area (Å²) in [5, 5.41) is 3.47. The van der Waals surface area contributed by atoms with Gasteiger partial charge in [-0.15, -0.1) is 0 Å². The zero-order valence-electron chi connectivity index (χ0n) is 13.0. The highest BCUT2D eigenvalue weighted by Crippen LogP contribution is 2.69. The van der Waals surface area contributed by atoms with E-state index in [9.17, 15) is 4.39 Å². The van der Waals surface area contributed by atoms with Crippen LogP contribution in [-0.2, 0) is 6.42 Å². The molecule has 0 aromatic heterocycles. The topological polar surface area (TPSA) is 12.0 Å². The summed E-state index contributed by atoms with van der Waals surface area (Å²) in [5.74, 6) is 0.517. The molecule has 1 atom stereocenters. The molecule has 0 saturated heterocycles. The van der Waals surface area contributed by atoms with Gasteiger partial charge in [-0.05, 0) is 60.4 Å². The SMILES string of the molecule is CNC(Cc1ccc(F)cc1C)C1C(C)(C)C1(C)C. The van der Waals surface area contributed by atoms with Gasteiger partial charge in [0.15, 0.2) is 0 Å². The van der Waals surface area contributed by atoms with Crippen LogP contribution in [0.15, 0.2) is 18.2 Å². The van der Waals surface area contributed by atoms with Crippen LogP contribution in [0.3, 0.4) is 0 Å². The Bertz CT molecular complexity index is 462. The Hall–Kier alpha value is -0.890. The van der Waals surface area contributed by atoms with Gasteiger partial charge in [-0.2, -0.15) is 0 Å². The summed E-state index contributed by atoms with van der Waals surface area (Å²) >= 11 is 0. The smallest absolute Gasteiger partial charge is 0.123 e. The van der Waals surface area contributed by atoms with Gasteiger partial charge in [0.2, 0.25) is 0 Å². The van der Waals surface area contributed by atoms with Crippen molar-refractivity contribution in [3.8, 4) is 0 Å². The second kappa shape index (κ2) is 4.59. The largest absolute Gasteiger partial charge is 0.316 e. The Morgan fingerprint density at radius 2 is 1.79 bits per heavy atom. The maximum absolute atomic E-state index is 13.2. The molecule has 2 heteroatoms. The van der Waals surface area contributed by atoms with Crippen LogP contribution in [-0.4, -0.2) is 13.1 Å². The second-order valence-corrected chi connectivity index (χ2v) is 7.09. The molecule has 1 aliphatic carbocycles. The van der Waals surface area contributed by atoms with Crippen molar-refractivity contribution in [1.82, 2.24) is 5.32 Å². The molecule has 19 heavy (non-hydrogen) atoms. The third-order valence-electron chi connectivity index (χ3n) is 5.65. The lowest BCUT2D eigenvalue weighted by Gasteiger charge is -2.20. The predicted molar refractivity (Wildman–Crippen MR) is 78.7 cm³/mol. The van der Waals surface area contributed by atoms with Crippen molar-refractivity contribution in [3.05, 3.63) is 35.1 Å². The molecule has 1 aliphatic rings. The van der Waals surface area contributed by atoms with Crippen LogP contribution < -0.4 is 5.32 Å². The normalized spacial score (nSPS) is 22.3. The van der Waals surface area contributed by atoms with Gasteiger partial charge in [-0.25, -0.2) is 4.39 Å². The van der Waals surface area contributed by atoms with E-state index < -0.39 is 0 Å². The molecule has 1 aromatic rings. The van der Waals surface area contributed by atoms with E-state index in [2.05, 4.69) is 33.0 Å². The van der Waals surface area contributed by atoms with E-state index in [1.165, 1.54) is 5.56 Å².